The van der Waals surface area contributed by atoms with E-state index in [-0.39, 0.29) is 0 Å². The normalized spacial score (nSPS) is 17.8. The summed E-state index contributed by atoms with van der Waals surface area (Å²) in [5.74, 6) is 1.78. The van der Waals surface area contributed by atoms with Crippen LogP contribution in [0.3, 0.4) is 0 Å². The Morgan fingerprint density at radius 2 is 2.12 bits per heavy atom. The summed E-state index contributed by atoms with van der Waals surface area (Å²) in [7, 11) is 2.02. The van der Waals surface area contributed by atoms with E-state index < -0.39 is 0 Å². The van der Waals surface area contributed by atoms with Crippen molar-refractivity contribution in [2.75, 3.05) is 11.4 Å². The summed E-state index contributed by atoms with van der Waals surface area (Å²) in [5, 5.41) is 9.05. The van der Waals surface area contributed by atoms with Gasteiger partial charge in [-0.3, -0.25) is 4.68 Å². The minimum atomic E-state index is 0.331. The zero-order valence-corrected chi connectivity index (χ0v) is 15.4. The highest BCUT2D eigenvalue weighted by molar-refractivity contribution is 5.51. The largest absolute Gasteiger partial charge is 0.349 e. The Hall–Kier alpha value is -2.44. The van der Waals surface area contributed by atoms with Gasteiger partial charge in [0.25, 0.3) is 5.78 Å². The van der Waals surface area contributed by atoms with Crippen molar-refractivity contribution in [1.82, 2.24) is 29.4 Å². The van der Waals surface area contributed by atoms with Crippen LogP contribution in [0.5, 0.6) is 0 Å². The van der Waals surface area contributed by atoms with Crippen LogP contribution < -0.4 is 4.90 Å². The molecule has 4 rings (SSSR count). The summed E-state index contributed by atoms with van der Waals surface area (Å²) in [4.78, 5) is 11.4. The number of fused-ring (bicyclic) bond motifs is 1. The highest BCUT2D eigenvalue weighted by atomic mass is 15.4. The Balaban J connectivity index is 1.83. The summed E-state index contributed by atoms with van der Waals surface area (Å²) < 4.78 is 3.86. The third-order valence-corrected chi connectivity index (χ3v) is 5.24. The number of rotatable bonds is 4. The molecular formula is C18H25N7. The van der Waals surface area contributed by atoms with Crippen LogP contribution in [-0.2, 0) is 13.5 Å². The molecule has 0 saturated carbocycles. The fourth-order valence-electron chi connectivity index (χ4n) is 4.05. The molecule has 1 saturated heterocycles. The highest BCUT2D eigenvalue weighted by Crippen LogP contribution is 2.38. The predicted octanol–water partition coefficient (Wildman–Crippen LogP) is 2.77. The zero-order valence-electron chi connectivity index (χ0n) is 15.4. The molecule has 0 radical (unpaired) electrons. The van der Waals surface area contributed by atoms with E-state index in [1.165, 1.54) is 17.7 Å². The summed E-state index contributed by atoms with van der Waals surface area (Å²) in [6.45, 7) is 7.46. The van der Waals surface area contributed by atoms with Gasteiger partial charge < -0.3 is 4.90 Å². The molecule has 7 heteroatoms. The molecule has 0 N–H and O–H groups in total. The van der Waals surface area contributed by atoms with Crippen molar-refractivity contribution in [3.05, 3.63) is 35.0 Å². The molecule has 0 spiro atoms. The molecule has 1 aliphatic heterocycles. The van der Waals surface area contributed by atoms with Gasteiger partial charge in [-0.1, -0.05) is 13.3 Å². The van der Waals surface area contributed by atoms with Gasteiger partial charge in [-0.15, -0.1) is 0 Å². The van der Waals surface area contributed by atoms with Gasteiger partial charge in [0.2, 0.25) is 0 Å². The molecule has 0 aromatic carbocycles. The fraction of sp³-hybridized carbons (Fsp3) is 0.556. The van der Waals surface area contributed by atoms with Crippen LogP contribution in [0.15, 0.2) is 12.4 Å². The van der Waals surface area contributed by atoms with Crippen LogP contribution in [0.2, 0.25) is 0 Å². The number of hydrogen-bond donors (Lipinski definition) is 0. The minimum Gasteiger partial charge on any atom is -0.349 e. The molecule has 7 nitrogen and oxygen atoms in total. The van der Waals surface area contributed by atoms with Gasteiger partial charge in [0.1, 0.15) is 12.1 Å². The van der Waals surface area contributed by atoms with Gasteiger partial charge in [-0.2, -0.15) is 19.7 Å². The van der Waals surface area contributed by atoms with Crippen LogP contribution in [0.4, 0.5) is 5.82 Å². The lowest BCUT2D eigenvalue weighted by atomic mass is 10.0. The first-order valence-electron chi connectivity index (χ1n) is 9.06. The van der Waals surface area contributed by atoms with Crippen molar-refractivity contribution in [3.8, 4) is 0 Å². The van der Waals surface area contributed by atoms with Gasteiger partial charge >= 0.3 is 0 Å². The smallest absolute Gasteiger partial charge is 0.254 e. The number of aryl methyl sites for hydroxylation is 3. The van der Waals surface area contributed by atoms with E-state index in [1.807, 2.05) is 16.2 Å². The molecule has 132 valence electrons. The monoisotopic (exact) mass is 339 g/mol. The van der Waals surface area contributed by atoms with Crippen molar-refractivity contribution in [2.45, 2.75) is 52.5 Å². The molecule has 3 aromatic heterocycles. The lowest BCUT2D eigenvalue weighted by Gasteiger charge is -2.27. The van der Waals surface area contributed by atoms with E-state index in [9.17, 15) is 0 Å². The first-order valence-corrected chi connectivity index (χ1v) is 9.06. The summed E-state index contributed by atoms with van der Waals surface area (Å²) >= 11 is 0. The standard InChI is InChI=1S/C18H25N7/c1-5-7-14-10-16(25-18(21-14)19-11-20-25)24-9-6-8-15(24)17-12(2)22-23(4)13(17)3/h10-11,15H,5-9H2,1-4H3/t15-/m0/s1. The molecule has 0 unspecified atom stereocenters. The molecule has 0 aliphatic carbocycles. The Bertz CT molecular complexity index is 908. The van der Waals surface area contributed by atoms with Crippen molar-refractivity contribution < 1.29 is 0 Å². The van der Waals surface area contributed by atoms with Crippen LogP contribution in [-0.4, -0.2) is 35.9 Å². The number of nitrogens with zero attached hydrogens (tertiary/aromatic N) is 7. The van der Waals surface area contributed by atoms with E-state index in [1.54, 1.807) is 6.33 Å². The van der Waals surface area contributed by atoms with Gasteiger partial charge in [0.05, 0.1) is 11.7 Å². The second kappa shape index (κ2) is 6.13. The minimum absolute atomic E-state index is 0.331. The summed E-state index contributed by atoms with van der Waals surface area (Å²) in [6, 6.07) is 2.52. The number of hydrogen-bond acceptors (Lipinski definition) is 5. The number of aromatic nitrogens is 6. The molecule has 1 atom stereocenters. The molecule has 1 fully saturated rings. The van der Waals surface area contributed by atoms with Gasteiger partial charge in [-0.25, -0.2) is 4.98 Å². The van der Waals surface area contributed by atoms with Gasteiger partial charge in [0, 0.05) is 36.6 Å². The van der Waals surface area contributed by atoms with Crippen molar-refractivity contribution in [3.63, 3.8) is 0 Å². The third-order valence-electron chi connectivity index (χ3n) is 5.24. The van der Waals surface area contributed by atoms with E-state index in [0.29, 0.717) is 11.8 Å². The first-order chi connectivity index (χ1) is 12.1. The van der Waals surface area contributed by atoms with E-state index in [0.717, 1.165) is 43.0 Å². The summed E-state index contributed by atoms with van der Waals surface area (Å²) in [5.41, 5.74) is 4.80. The van der Waals surface area contributed by atoms with Crippen LogP contribution >= 0.6 is 0 Å². The maximum atomic E-state index is 4.64. The van der Waals surface area contributed by atoms with Gasteiger partial charge in [0.15, 0.2) is 0 Å². The molecule has 0 amide bonds. The maximum absolute atomic E-state index is 4.64. The SMILES string of the molecule is CCCc1cc(N2CCC[C@H]2c2c(C)nn(C)c2C)n2ncnc2n1. The Morgan fingerprint density at radius 1 is 1.28 bits per heavy atom. The average Bonchev–Trinajstić information content (AvgIpc) is 3.27. The third kappa shape index (κ3) is 2.58. The lowest BCUT2D eigenvalue weighted by molar-refractivity contribution is 0.681. The van der Waals surface area contributed by atoms with Crippen molar-refractivity contribution in [2.24, 2.45) is 7.05 Å². The first kappa shape index (κ1) is 16.1. The molecule has 25 heavy (non-hydrogen) atoms. The lowest BCUT2D eigenvalue weighted by Crippen LogP contribution is -2.26. The second-order valence-corrected chi connectivity index (χ2v) is 6.89. The van der Waals surface area contributed by atoms with Crippen LogP contribution in [0, 0.1) is 13.8 Å². The predicted molar refractivity (Wildman–Crippen MR) is 96.8 cm³/mol. The fourth-order valence-corrected chi connectivity index (χ4v) is 4.05. The number of anilines is 1. The summed E-state index contributed by atoms with van der Waals surface area (Å²) in [6.07, 6.45) is 5.92. The Labute approximate surface area is 147 Å². The Kier molecular flexibility index (Phi) is 3.94. The van der Waals surface area contributed by atoms with Crippen LogP contribution in [0.25, 0.3) is 5.78 Å². The molecular weight excluding hydrogens is 314 g/mol. The molecule has 1 aliphatic rings. The van der Waals surface area contributed by atoms with E-state index in [4.69, 9.17) is 0 Å². The zero-order chi connectivity index (χ0) is 17.6. The van der Waals surface area contributed by atoms with Crippen LogP contribution in [0.1, 0.15) is 54.9 Å². The van der Waals surface area contributed by atoms with E-state index >= 15 is 0 Å². The Morgan fingerprint density at radius 3 is 2.84 bits per heavy atom. The molecule has 4 heterocycles. The van der Waals surface area contributed by atoms with Crippen molar-refractivity contribution >= 4 is 11.6 Å². The van der Waals surface area contributed by atoms with E-state index in [2.05, 4.69) is 51.9 Å². The topological polar surface area (TPSA) is 64.1 Å². The quantitative estimate of drug-likeness (QED) is 0.731. The average molecular weight is 339 g/mol. The second-order valence-electron chi connectivity index (χ2n) is 6.89. The van der Waals surface area contributed by atoms with Gasteiger partial charge in [-0.05, 0) is 33.1 Å². The van der Waals surface area contributed by atoms with Crippen molar-refractivity contribution in [1.29, 1.82) is 0 Å². The highest BCUT2D eigenvalue weighted by Gasteiger charge is 2.32. The molecule has 3 aromatic rings. The molecule has 0 bridgehead atoms. The maximum Gasteiger partial charge on any atom is 0.254 e.